The molecule has 3 rings (SSSR count). The average Bonchev–Trinajstić information content (AvgIpc) is 2.93. The van der Waals surface area contributed by atoms with Crippen molar-refractivity contribution in [2.24, 2.45) is 0 Å². The largest absolute Gasteiger partial charge is 0.348 e. The molecule has 2 heterocycles. The van der Waals surface area contributed by atoms with Gasteiger partial charge in [0.25, 0.3) is 5.91 Å². The molecule has 0 radical (unpaired) electrons. The van der Waals surface area contributed by atoms with Gasteiger partial charge < -0.3 is 10.6 Å². The predicted octanol–water partition coefficient (Wildman–Crippen LogP) is 0.876. The summed E-state index contributed by atoms with van der Waals surface area (Å²) in [7, 11) is -3.23. The monoisotopic (exact) mass is 335 g/mol. The van der Waals surface area contributed by atoms with Gasteiger partial charge in [0.05, 0.1) is 11.4 Å². The van der Waals surface area contributed by atoms with Crippen molar-refractivity contribution in [1.82, 2.24) is 10.6 Å². The molecule has 23 heavy (non-hydrogen) atoms. The molecule has 0 aromatic heterocycles. The normalized spacial score (nSPS) is 20.2. The van der Waals surface area contributed by atoms with Crippen LogP contribution in [0.25, 0.3) is 0 Å². The van der Waals surface area contributed by atoms with Crippen LogP contribution in [0.4, 0.5) is 5.69 Å². The SMILES string of the molecule is O=C(NCC1=CCNCC1)c1cccc(N2CCCS2(=O)=O)c1. The highest BCUT2D eigenvalue weighted by atomic mass is 32.2. The van der Waals surface area contributed by atoms with Gasteiger partial charge in [-0.3, -0.25) is 9.10 Å². The van der Waals surface area contributed by atoms with Crippen LogP contribution >= 0.6 is 0 Å². The second-order valence-corrected chi connectivity index (χ2v) is 7.80. The van der Waals surface area contributed by atoms with Gasteiger partial charge in [-0.25, -0.2) is 8.42 Å². The number of carbonyl (C=O) groups excluding carboxylic acids is 1. The van der Waals surface area contributed by atoms with Gasteiger partial charge in [0, 0.05) is 25.2 Å². The number of amides is 1. The fourth-order valence-electron chi connectivity index (χ4n) is 2.86. The molecule has 124 valence electrons. The molecular formula is C16H21N3O3S. The molecule has 6 nitrogen and oxygen atoms in total. The minimum absolute atomic E-state index is 0.172. The maximum atomic E-state index is 12.3. The van der Waals surface area contributed by atoms with Gasteiger partial charge in [0.2, 0.25) is 10.0 Å². The molecule has 1 aromatic carbocycles. The minimum Gasteiger partial charge on any atom is -0.348 e. The number of rotatable bonds is 4. The summed E-state index contributed by atoms with van der Waals surface area (Å²) >= 11 is 0. The van der Waals surface area contributed by atoms with Crippen molar-refractivity contribution in [2.45, 2.75) is 12.8 Å². The molecule has 1 saturated heterocycles. The number of benzene rings is 1. The van der Waals surface area contributed by atoms with E-state index in [2.05, 4.69) is 16.7 Å². The quantitative estimate of drug-likeness (QED) is 0.801. The van der Waals surface area contributed by atoms with Crippen LogP contribution < -0.4 is 14.9 Å². The lowest BCUT2D eigenvalue weighted by Crippen LogP contribution is -2.30. The van der Waals surface area contributed by atoms with E-state index in [-0.39, 0.29) is 11.7 Å². The fraction of sp³-hybridized carbons (Fsp3) is 0.438. The maximum absolute atomic E-state index is 12.3. The maximum Gasteiger partial charge on any atom is 0.251 e. The second kappa shape index (κ2) is 6.72. The molecular weight excluding hydrogens is 314 g/mol. The zero-order valence-corrected chi connectivity index (χ0v) is 13.7. The summed E-state index contributed by atoms with van der Waals surface area (Å²) in [4.78, 5) is 12.3. The highest BCUT2D eigenvalue weighted by molar-refractivity contribution is 7.93. The van der Waals surface area contributed by atoms with E-state index in [0.717, 1.165) is 19.5 Å². The number of hydrogen-bond donors (Lipinski definition) is 2. The first-order valence-corrected chi connectivity index (χ1v) is 9.44. The lowest BCUT2D eigenvalue weighted by atomic mass is 10.1. The molecule has 0 unspecified atom stereocenters. The Morgan fingerprint density at radius 2 is 2.22 bits per heavy atom. The summed E-state index contributed by atoms with van der Waals surface area (Å²) in [6.45, 7) is 2.79. The Morgan fingerprint density at radius 1 is 1.35 bits per heavy atom. The topological polar surface area (TPSA) is 78.5 Å². The summed E-state index contributed by atoms with van der Waals surface area (Å²) in [5.41, 5.74) is 2.27. The molecule has 1 aromatic rings. The standard InChI is InChI=1S/C16H21N3O3S/c20-16(18-12-13-5-7-17-8-6-13)14-3-1-4-15(11-14)19-9-2-10-23(19,21)22/h1,3-5,11,17H,2,6-10,12H2,(H,18,20). The van der Waals surface area contributed by atoms with Crippen LogP contribution in [0, 0.1) is 0 Å². The van der Waals surface area contributed by atoms with E-state index >= 15 is 0 Å². The van der Waals surface area contributed by atoms with Crippen molar-refractivity contribution in [2.75, 3.05) is 36.2 Å². The number of nitrogens with one attached hydrogen (secondary N) is 2. The Balaban J connectivity index is 1.69. The lowest BCUT2D eigenvalue weighted by Gasteiger charge is -2.18. The number of carbonyl (C=O) groups is 1. The third kappa shape index (κ3) is 3.73. The molecule has 0 aliphatic carbocycles. The predicted molar refractivity (Wildman–Crippen MR) is 90.1 cm³/mol. The Kier molecular flexibility index (Phi) is 4.68. The number of hydrogen-bond acceptors (Lipinski definition) is 4. The molecule has 1 fully saturated rings. The molecule has 2 aliphatic rings. The Hall–Kier alpha value is -1.86. The van der Waals surface area contributed by atoms with Gasteiger partial charge in [-0.05, 0) is 37.6 Å². The van der Waals surface area contributed by atoms with Gasteiger partial charge in [-0.2, -0.15) is 0 Å². The summed E-state index contributed by atoms with van der Waals surface area (Å²) < 4.78 is 25.4. The highest BCUT2D eigenvalue weighted by Crippen LogP contribution is 2.24. The van der Waals surface area contributed by atoms with Gasteiger partial charge in [-0.15, -0.1) is 0 Å². The van der Waals surface area contributed by atoms with Gasteiger partial charge in [0.1, 0.15) is 0 Å². The molecule has 7 heteroatoms. The van der Waals surface area contributed by atoms with E-state index in [4.69, 9.17) is 0 Å². The molecule has 2 N–H and O–H groups in total. The summed E-state index contributed by atoms with van der Waals surface area (Å²) in [6, 6.07) is 6.81. The first-order chi connectivity index (χ1) is 11.1. The van der Waals surface area contributed by atoms with Crippen LogP contribution in [0.3, 0.4) is 0 Å². The van der Waals surface area contributed by atoms with Crippen molar-refractivity contribution >= 4 is 21.6 Å². The van der Waals surface area contributed by atoms with Crippen LogP contribution in [0.1, 0.15) is 23.2 Å². The lowest BCUT2D eigenvalue weighted by molar-refractivity contribution is 0.0956. The Labute approximate surface area is 136 Å². The zero-order chi connectivity index (χ0) is 16.3. The van der Waals surface area contributed by atoms with Crippen LogP contribution in [0.2, 0.25) is 0 Å². The summed E-state index contributed by atoms with van der Waals surface area (Å²) in [5.74, 6) is -0.00565. The third-order valence-electron chi connectivity index (χ3n) is 4.13. The van der Waals surface area contributed by atoms with E-state index in [1.54, 1.807) is 24.3 Å². The van der Waals surface area contributed by atoms with Crippen molar-refractivity contribution < 1.29 is 13.2 Å². The van der Waals surface area contributed by atoms with Crippen molar-refractivity contribution in [3.8, 4) is 0 Å². The smallest absolute Gasteiger partial charge is 0.251 e. The Bertz CT molecular complexity index is 728. The fourth-order valence-corrected chi connectivity index (χ4v) is 4.41. The van der Waals surface area contributed by atoms with E-state index in [1.165, 1.54) is 9.88 Å². The summed E-state index contributed by atoms with van der Waals surface area (Å²) in [5, 5.41) is 6.13. The van der Waals surface area contributed by atoms with Crippen LogP contribution in [0.5, 0.6) is 0 Å². The highest BCUT2D eigenvalue weighted by Gasteiger charge is 2.28. The van der Waals surface area contributed by atoms with Crippen molar-refractivity contribution in [3.05, 3.63) is 41.5 Å². The first kappa shape index (κ1) is 16.0. The number of sulfonamides is 1. The number of anilines is 1. The van der Waals surface area contributed by atoms with Crippen LogP contribution in [0.15, 0.2) is 35.9 Å². The Morgan fingerprint density at radius 3 is 2.91 bits per heavy atom. The van der Waals surface area contributed by atoms with Gasteiger partial charge in [0.15, 0.2) is 0 Å². The van der Waals surface area contributed by atoms with E-state index in [0.29, 0.717) is 30.8 Å². The molecule has 1 amide bonds. The molecule has 0 spiro atoms. The van der Waals surface area contributed by atoms with E-state index in [1.807, 2.05) is 0 Å². The van der Waals surface area contributed by atoms with Gasteiger partial charge in [-0.1, -0.05) is 17.7 Å². The second-order valence-electron chi connectivity index (χ2n) is 5.79. The molecule has 0 bridgehead atoms. The third-order valence-corrected chi connectivity index (χ3v) is 6.00. The van der Waals surface area contributed by atoms with Gasteiger partial charge >= 0.3 is 0 Å². The average molecular weight is 335 g/mol. The van der Waals surface area contributed by atoms with E-state index in [9.17, 15) is 13.2 Å². The summed E-state index contributed by atoms with van der Waals surface area (Å²) in [6.07, 6.45) is 3.66. The van der Waals surface area contributed by atoms with Crippen molar-refractivity contribution in [1.29, 1.82) is 0 Å². The number of nitrogens with zero attached hydrogens (tertiary/aromatic N) is 1. The van der Waals surface area contributed by atoms with Crippen molar-refractivity contribution in [3.63, 3.8) is 0 Å². The molecule has 0 saturated carbocycles. The zero-order valence-electron chi connectivity index (χ0n) is 12.9. The molecule has 2 aliphatic heterocycles. The van der Waals surface area contributed by atoms with Crippen LogP contribution in [-0.2, 0) is 10.0 Å². The van der Waals surface area contributed by atoms with Crippen LogP contribution in [-0.4, -0.2) is 46.3 Å². The minimum atomic E-state index is -3.23. The first-order valence-electron chi connectivity index (χ1n) is 7.83. The molecule has 0 atom stereocenters. The van der Waals surface area contributed by atoms with E-state index < -0.39 is 10.0 Å².